The van der Waals surface area contributed by atoms with Crippen molar-refractivity contribution in [2.24, 2.45) is 0 Å². The molecule has 0 aliphatic heterocycles. The van der Waals surface area contributed by atoms with Crippen LogP contribution < -0.4 is 5.32 Å². The van der Waals surface area contributed by atoms with Crippen LogP contribution in [0.2, 0.25) is 0 Å². The second-order valence-electron chi connectivity index (χ2n) is 7.03. The smallest absolute Gasteiger partial charge is 0.246 e. The molecule has 5 nitrogen and oxygen atoms in total. The molecule has 0 aliphatic rings. The summed E-state index contributed by atoms with van der Waals surface area (Å²) in [6.45, 7) is 17.1. The van der Waals surface area contributed by atoms with Gasteiger partial charge in [0.1, 0.15) is 6.04 Å². The number of nitrogens with zero attached hydrogens (tertiary/aromatic N) is 2. The lowest BCUT2D eigenvalue weighted by Gasteiger charge is -2.29. The number of amides is 2. The Bertz CT molecular complexity index is 601. The van der Waals surface area contributed by atoms with Crippen LogP contribution in [0.25, 0.3) is 0 Å². The highest BCUT2D eigenvalue weighted by Crippen LogP contribution is 2.22. The summed E-state index contributed by atoms with van der Waals surface area (Å²) in [5.41, 5.74) is 4.10. The molecular formula is C21H35N3O2. The summed E-state index contributed by atoms with van der Waals surface area (Å²) in [5.74, 6) is -0.206. The fourth-order valence-corrected chi connectivity index (χ4v) is 3.37. The minimum Gasteiger partial charge on any atom is -0.331 e. The van der Waals surface area contributed by atoms with E-state index in [1.54, 1.807) is 11.8 Å². The van der Waals surface area contributed by atoms with Gasteiger partial charge >= 0.3 is 0 Å². The van der Waals surface area contributed by atoms with Crippen LogP contribution in [0.1, 0.15) is 50.8 Å². The zero-order valence-corrected chi connectivity index (χ0v) is 17.5. The third kappa shape index (κ3) is 6.13. The van der Waals surface area contributed by atoms with Crippen LogP contribution >= 0.6 is 0 Å². The molecule has 0 saturated carbocycles. The Morgan fingerprint density at radius 1 is 1.04 bits per heavy atom. The number of hydrogen-bond acceptors (Lipinski definition) is 3. The minimum atomic E-state index is -0.496. The summed E-state index contributed by atoms with van der Waals surface area (Å²) >= 11 is 0. The Morgan fingerprint density at radius 3 is 2.04 bits per heavy atom. The molecule has 2 amide bonds. The third-order valence-electron chi connectivity index (χ3n) is 4.94. The van der Waals surface area contributed by atoms with Gasteiger partial charge in [0.25, 0.3) is 0 Å². The third-order valence-corrected chi connectivity index (χ3v) is 4.94. The lowest BCUT2D eigenvalue weighted by atomic mass is 10.0. The zero-order chi connectivity index (χ0) is 19.9. The highest BCUT2D eigenvalue weighted by atomic mass is 16.2. The van der Waals surface area contributed by atoms with Crippen LogP contribution in [-0.2, 0) is 9.59 Å². The number of benzene rings is 1. The number of hydrogen-bond donors (Lipinski definition) is 1. The summed E-state index contributed by atoms with van der Waals surface area (Å²) in [7, 11) is 0. The predicted molar refractivity (Wildman–Crippen MR) is 109 cm³/mol. The summed E-state index contributed by atoms with van der Waals surface area (Å²) in [4.78, 5) is 28.8. The summed E-state index contributed by atoms with van der Waals surface area (Å²) in [6.07, 6.45) is 0.863. The Labute approximate surface area is 158 Å². The van der Waals surface area contributed by atoms with Crippen LogP contribution in [0.4, 0.5) is 5.69 Å². The summed E-state index contributed by atoms with van der Waals surface area (Å²) in [5, 5.41) is 3.02. The average molecular weight is 362 g/mol. The van der Waals surface area contributed by atoms with Crippen molar-refractivity contribution in [3.8, 4) is 0 Å². The number of aryl methyl sites for hydroxylation is 3. The van der Waals surface area contributed by atoms with Crippen molar-refractivity contribution < 1.29 is 9.59 Å². The second-order valence-corrected chi connectivity index (χ2v) is 7.03. The number of anilines is 1. The number of carbonyl (C=O) groups is 2. The maximum Gasteiger partial charge on any atom is 0.246 e. The summed E-state index contributed by atoms with van der Waals surface area (Å²) < 4.78 is 0. The molecule has 0 aliphatic carbocycles. The quantitative estimate of drug-likeness (QED) is 0.732. The highest BCUT2D eigenvalue weighted by molar-refractivity contribution is 5.97. The largest absolute Gasteiger partial charge is 0.331 e. The van der Waals surface area contributed by atoms with Gasteiger partial charge in [-0.3, -0.25) is 9.59 Å². The summed E-state index contributed by atoms with van der Waals surface area (Å²) in [6, 6.07) is 3.62. The van der Waals surface area contributed by atoms with Crippen molar-refractivity contribution in [2.45, 2.75) is 60.9 Å². The van der Waals surface area contributed by atoms with Crippen molar-refractivity contribution in [2.75, 3.05) is 31.5 Å². The molecule has 5 heteroatoms. The van der Waals surface area contributed by atoms with Gasteiger partial charge in [0, 0.05) is 19.2 Å². The lowest BCUT2D eigenvalue weighted by Crippen LogP contribution is -2.45. The molecule has 0 spiro atoms. The first kappa shape index (κ1) is 22.2. The van der Waals surface area contributed by atoms with Crippen LogP contribution in [0.5, 0.6) is 0 Å². The van der Waals surface area contributed by atoms with Gasteiger partial charge in [0.05, 0.1) is 0 Å². The molecule has 1 rings (SSSR count). The van der Waals surface area contributed by atoms with Gasteiger partial charge < -0.3 is 15.1 Å². The standard InChI is InChI=1S/C21H35N3O2/c1-8-23(9-2)11-10-12-24(19(7)25)18(6)21(26)22-20-16(4)13-15(3)14-17(20)5/h13-14,18H,8-12H2,1-7H3,(H,22,26). The minimum absolute atomic E-state index is 0.0652. The molecule has 0 heterocycles. The van der Waals surface area contributed by atoms with Gasteiger partial charge in [-0.05, 0) is 64.9 Å². The molecule has 1 aromatic carbocycles. The van der Waals surface area contributed by atoms with E-state index < -0.39 is 6.04 Å². The van der Waals surface area contributed by atoms with Crippen LogP contribution in [0.15, 0.2) is 12.1 Å². The van der Waals surface area contributed by atoms with E-state index in [0.29, 0.717) is 6.54 Å². The molecule has 1 aromatic rings. The van der Waals surface area contributed by atoms with Crippen LogP contribution in [0, 0.1) is 20.8 Å². The van der Waals surface area contributed by atoms with E-state index in [-0.39, 0.29) is 11.8 Å². The normalized spacial score (nSPS) is 12.2. The van der Waals surface area contributed by atoms with E-state index in [1.165, 1.54) is 12.5 Å². The Kier molecular flexibility index (Phi) is 8.79. The Morgan fingerprint density at radius 2 is 1.58 bits per heavy atom. The molecule has 146 valence electrons. The highest BCUT2D eigenvalue weighted by Gasteiger charge is 2.24. The predicted octanol–water partition coefficient (Wildman–Crippen LogP) is 3.52. The van der Waals surface area contributed by atoms with Gasteiger partial charge in [-0.15, -0.1) is 0 Å². The van der Waals surface area contributed by atoms with Crippen molar-refractivity contribution >= 4 is 17.5 Å². The van der Waals surface area contributed by atoms with E-state index in [4.69, 9.17) is 0 Å². The molecule has 26 heavy (non-hydrogen) atoms. The van der Waals surface area contributed by atoms with E-state index in [0.717, 1.165) is 42.9 Å². The molecule has 1 N–H and O–H groups in total. The SMILES string of the molecule is CCN(CC)CCCN(C(C)=O)C(C)C(=O)Nc1c(C)cc(C)cc1C. The molecule has 0 bridgehead atoms. The van der Waals surface area contributed by atoms with E-state index in [9.17, 15) is 9.59 Å². The van der Waals surface area contributed by atoms with Gasteiger partial charge in [-0.25, -0.2) is 0 Å². The topological polar surface area (TPSA) is 52.7 Å². The number of nitrogens with one attached hydrogen (secondary N) is 1. The maximum atomic E-state index is 12.7. The first-order chi connectivity index (χ1) is 12.2. The molecule has 0 fully saturated rings. The molecule has 1 atom stereocenters. The van der Waals surface area contributed by atoms with E-state index in [2.05, 4.69) is 36.2 Å². The Balaban J connectivity index is 2.78. The van der Waals surface area contributed by atoms with E-state index in [1.807, 2.05) is 20.8 Å². The van der Waals surface area contributed by atoms with Crippen LogP contribution in [0.3, 0.4) is 0 Å². The van der Waals surface area contributed by atoms with E-state index >= 15 is 0 Å². The van der Waals surface area contributed by atoms with Crippen molar-refractivity contribution in [1.29, 1.82) is 0 Å². The molecule has 0 radical (unpaired) electrons. The zero-order valence-electron chi connectivity index (χ0n) is 17.5. The monoisotopic (exact) mass is 361 g/mol. The molecule has 0 aromatic heterocycles. The van der Waals surface area contributed by atoms with Crippen LogP contribution in [-0.4, -0.2) is 53.8 Å². The number of rotatable bonds is 9. The first-order valence-electron chi connectivity index (χ1n) is 9.59. The fourth-order valence-electron chi connectivity index (χ4n) is 3.37. The van der Waals surface area contributed by atoms with Crippen molar-refractivity contribution in [3.05, 3.63) is 28.8 Å². The second kappa shape index (κ2) is 10.3. The van der Waals surface area contributed by atoms with Crippen molar-refractivity contribution in [3.63, 3.8) is 0 Å². The lowest BCUT2D eigenvalue weighted by molar-refractivity contribution is -0.136. The maximum absolute atomic E-state index is 12.7. The fraction of sp³-hybridized carbons (Fsp3) is 0.619. The first-order valence-corrected chi connectivity index (χ1v) is 9.59. The molecule has 1 unspecified atom stereocenters. The molecule has 0 saturated heterocycles. The van der Waals surface area contributed by atoms with Gasteiger partial charge in [-0.2, -0.15) is 0 Å². The van der Waals surface area contributed by atoms with Gasteiger partial charge in [0.2, 0.25) is 11.8 Å². The molecular weight excluding hydrogens is 326 g/mol. The average Bonchev–Trinajstić information content (AvgIpc) is 2.57. The van der Waals surface area contributed by atoms with Gasteiger partial charge in [-0.1, -0.05) is 31.5 Å². The number of carbonyl (C=O) groups excluding carboxylic acids is 2. The van der Waals surface area contributed by atoms with Crippen molar-refractivity contribution in [1.82, 2.24) is 9.80 Å². The Hall–Kier alpha value is -1.88. The van der Waals surface area contributed by atoms with Gasteiger partial charge in [0.15, 0.2) is 0 Å².